The zero-order valence-electron chi connectivity index (χ0n) is 18.8. The third kappa shape index (κ3) is 7.36. The quantitative estimate of drug-likeness (QED) is 0.153. The van der Waals surface area contributed by atoms with Gasteiger partial charge in [0.25, 0.3) is 5.91 Å². The average Bonchev–Trinajstić information content (AvgIpc) is 2.84. The summed E-state index contributed by atoms with van der Waals surface area (Å²) in [6.45, 7) is 1.80. The molecule has 3 aromatic rings. The van der Waals surface area contributed by atoms with Gasteiger partial charge in [-0.1, -0.05) is 41.7 Å². The number of nitrogens with one attached hydrogen (secondary N) is 1. The van der Waals surface area contributed by atoms with Gasteiger partial charge in [0, 0.05) is 10.0 Å². The molecule has 0 aliphatic rings. The Kier molecular flexibility index (Phi) is 9.37. The Hall–Kier alpha value is -3.26. The van der Waals surface area contributed by atoms with Crippen molar-refractivity contribution in [3.05, 3.63) is 86.9 Å². The Morgan fingerprint density at radius 3 is 2.29 bits per heavy atom. The standard InChI is InChI=1S/C25H21Cl3N2O5/c1-3-20(34-21-11-9-18(27)13-19(21)28)24(31)30-29-14-15-4-10-22(23(12-15)33-2)35-25(32)16-5-7-17(26)8-6-16/h4-14,20H,3H2,1-2H3,(H,30,31)/b29-14-/t20-/m1/s1. The van der Waals surface area contributed by atoms with E-state index >= 15 is 0 Å². The molecule has 0 radical (unpaired) electrons. The van der Waals surface area contributed by atoms with Gasteiger partial charge >= 0.3 is 5.97 Å². The molecule has 0 fully saturated rings. The molecule has 3 rings (SSSR count). The van der Waals surface area contributed by atoms with Gasteiger partial charge in [-0.25, -0.2) is 10.2 Å². The molecule has 0 unspecified atom stereocenters. The zero-order valence-corrected chi connectivity index (χ0v) is 21.0. The number of nitrogens with zero attached hydrogens (tertiary/aromatic N) is 1. The van der Waals surface area contributed by atoms with Gasteiger partial charge in [-0.15, -0.1) is 0 Å². The number of hydrogen-bond donors (Lipinski definition) is 1. The van der Waals surface area contributed by atoms with Crippen LogP contribution in [0.25, 0.3) is 0 Å². The van der Waals surface area contributed by atoms with Crippen LogP contribution in [0.2, 0.25) is 15.1 Å². The largest absolute Gasteiger partial charge is 0.493 e. The Labute approximate surface area is 217 Å². The van der Waals surface area contributed by atoms with Gasteiger partial charge in [-0.05, 0) is 72.6 Å². The van der Waals surface area contributed by atoms with Gasteiger partial charge in [0.15, 0.2) is 17.6 Å². The fourth-order valence-corrected chi connectivity index (χ4v) is 3.46. The number of rotatable bonds is 9. The van der Waals surface area contributed by atoms with Crippen LogP contribution in [-0.2, 0) is 4.79 Å². The molecule has 3 aromatic carbocycles. The van der Waals surface area contributed by atoms with Crippen molar-refractivity contribution in [1.82, 2.24) is 5.43 Å². The number of benzene rings is 3. The first-order valence-corrected chi connectivity index (χ1v) is 11.5. The summed E-state index contributed by atoms with van der Waals surface area (Å²) < 4.78 is 16.4. The lowest BCUT2D eigenvalue weighted by molar-refractivity contribution is -0.128. The lowest BCUT2D eigenvalue weighted by atomic mass is 10.2. The number of esters is 1. The number of carbonyl (C=O) groups excluding carboxylic acids is 2. The van der Waals surface area contributed by atoms with Crippen LogP contribution in [0.3, 0.4) is 0 Å². The maximum absolute atomic E-state index is 12.5. The third-order valence-corrected chi connectivity index (χ3v) is 5.47. The smallest absolute Gasteiger partial charge is 0.343 e. The average molecular weight is 536 g/mol. The van der Waals surface area contributed by atoms with Crippen molar-refractivity contribution in [3.8, 4) is 17.2 Å². The molecule has 0 heterocycles. The molecule has 0 saturated carbocycles. The van der Waals surface area contributed by atoms with Crippen molar-refractivity contribution in [2.45, 2.75) is 19.4 Å². The van der Waals surface area contributed by atoms with Crippen LogP contribution in [0, 0.1) is 0 Å². The Morgan fingerprint density at radius 1 is 0.943 bits per heavy atom. The van der Waals surface area contributed by atoms with Gasteiger partial charge < -0.3 is 14.2 Å². The highest BCUT2D eigenvalue weighted by atomic mass is 35.5. The van der Waals surface area contributed by atoms with E-state index in [0.29, 0.717) is 44.1 Å². The second-order valence-corrected chi connectivity index (χ2v) is 8.41. The molecule has 10 heteroatoms. The predicted octanol–water partition coefficient (Wildman–Crippen LogP) is 6.18. The van der Waals surface area contributed by atoms with E-state index in [-0.39, 0.29) is 5.75 Å². The van der Waals surface area contributed by atoms with E-state index in [1.54, 1.807) is 61.5 Å². The minimum Gasteiger partial charge on any atom is -0.493 e. The van der Waals surface area contributed by atoms with Gasteiger partial charge in [-0.3, -0.25) is 4.79 Å². The molecule has 7 nitrogen and oxygen atoms in total. The molecule has 1 amide bonds. The maximum Gasteiger partial charge on any atom is 0.343 e. The second kappa shape index (κ2) is 12.4. The summed E-state index contributed by atoms with van der Waals surface area (Å²) in [5.41, 5.74) is 3.39. The molecule has 1 atom stereocenters. The van der Waals surface area contributed by atoms with E-state index in [0.717, 1.165) is 0 Å². The Morgan fingerprint density at radius 2 is 1.63 bits per heavy atom. The van der Waals surface area contributed by atoms with Gasteiger partial charge in [0.05, 0.1) is 23.9 Å². The number of methoxy groups -OCH3 is 1. The van der Waals surface area contributed by atoms with Crippen LogP contribution in [-0.4, -0.2) is 31.3 Å². The summed E-state index contributed by atoms with van der Waals surface area (Å²) in [4.78, 5) is 24.9. The van der Waals surface area contributed by atoms with Crippen molar-refractivity contribution in [1.29, 1.82) is 0 Å². The van der Waals surface area contributed by atoms with Crippen LogP contribution in [0.5, 0.6) is 17.2 Å². The number of carbonyl (C=O) groups is 2. The van der Waals surface area contributed by atoms with Crippen molar-refractivity contribution < 1.29 is 23.8 Å². The van der Waals surface area contributed by atoms with Crippen molar-refractivity contribution in [2.75, 3.05) is 7.11 Å². The first-order chi connectivity index (χ1) is 16.8. The number of ether oxygens (including phenoxy) is 3. The van der Waals surface area contributed by atoms with Gasteiger partial charge in [-0.2, -0.15) is 5.10 Å². The van der Waals surface area contributed by atoms with Crippen LogP contribution in [0.4, 0.5) is 0 Å². The molecule has 0 aromatic heterocycles. The van der Waals surface area contributed by atoms with E-state index in [4.69, 9.17) is 49.0 Å². The fourth-order valence-electron chi connectivity index (χ4n) is 2.88. The van der Waals surface area contributed by atoms with Gasteiger partial charge in [0.1, 0.15) is 5.75 Å². The van der Waals surface area contributed by atoms with Gasteiger partial charge in [0.2, 0.25) is 0 Å². The number of amides is 1. The number of hydrazone groups is 1. The highest BCUT2D eigenvalue weighted by Gasteiger charge is 2.19. The van der Waals surface area contributed by atoms with Crippen LogP contribution < -0.4 is 19.6 Å². The van der Waals surface area contributed by atoms with Crippen LogP contribution in [0.15, 0.2) is 65.8 Å². The molecule has 182 valence electrons. The number of halogens is 3. The van der Waals surface area contributed by atoms with Crippen LogP contribution >= 0.6 is 34.8 Å². The molecular weight excluding hydrogens is 515 g/mol. The summed E-state index contributed by atoms with van der Waals surface area (Å²) in [6, 6.07) is 15.9. The van der Waals surface area contributed by atoms with Crippen molar-refractivity contribution >= 4 is 52.9 Å². The van der Waals surface area contributed by atoms with E-state index < -0.39 is 18.0 Å². The minimum absolute atomic E-state index is 0.230. The summed E-state index contributed by atoms with van der Waals surface area (Å²) in [5.74, 6) is -0.117. The fraction of sp³-hybridized carbons (Fsp3) is 0.160. The predicted molar refractivity (Wildman–Crippen MR) is 136 cm³/mol. The normalized spacial score (nSPS) is 11.7. The van der Waals surface area contributed by atoms with E-state index in [1.165, 1.54) is 19.4 Å². The first-order valence-electron chi connectivity index (χ1n) is 10.4. The molecule has 0 aliphatic carbocycles. The molecule has 1 N–H and O–H groups in total. The summed E-state index contributed by atoms with van der Waals surface area (Å²) in [6.07, 6.45) is 1.00. The summed E-state index contributed by atoms with van der Waals surface area (Å²) in [5, 5.41) is 5.26. The maximum atomic E-state index is 12.5. The van der Waals surface area contributed by atoms with E-state index in [9.17, 15) is 9.59 Å². The van der Waals surface area contributed by atoms with Crippen molar-refractivity contribution in [3.63, 3.8) is 0 Å². The molecule has 0 saturated heterocycles. The number of hydrogen-bond acceptors (Lipinski definition) is 6. The molecular formula is C25H21Cl3N2O5. The molecule has 35 heavy (non-hydrogen) atoms. The minimum atomic E-state index is -0.810. The Balaban J connectivity index is 1.63. The summed E-state index contributed by atoms with van der Waals surface area (Å²) >= 11 is 17.9. The van der Waals surface area contributed by atoms with E-state index in [1.807, 2.05) is 0 Å². The Bertz CT molecular complexity index is 1230. The van der Waals surface area contributed by atoms with Crippen molar-refractivity contribution in [2.24, 2.45) is 5.10 Å². The lowest BCUT2D eigenvalue weighted by Crippen LogP contribution is -2.35. The first kappa shape index (κ1) is 26.3. The topological polar surface area (TPSA) is 86.2 Å². The lowest BCUT2D eigenvalue weighted by Gasteiger charge is -2.16. The second-order valence-electron chi connectivity index (χ2n) is 7.13. The molecule has 0 spiro atoms. The molecule has 0 aliphatic heterocycles. The third-order valence-electron chi connectivity index (χ3n) is 4.69. The monoisotopic (exact) mass is 534 g/mol. The highest BCUT2D eigenvalue weighted by molar-refractivity contribution is 6.35. The van der Waals surface area contributed by atoms with E-state index in [2.05, 4.69) is 10.5 Å². The SMILES string of the molecule is CC[C@@H](Oc1ccc(Cl)cc1Cl)C(=O)N/N=C\c1ccc(OC(=O)c2ccc(Cl)cc2)c(OC)c1. The molecule has 0 bridgehead atoms. The zero-order chi connectivity index (χ0) is 25.4. The van der Waals surface area contributed by atoms with Crippen LogP contribution in [0.1, 0.15) is 29.3 Å². The highest BCUT2D eigenvalue weighted by Crippen LogP contribution is 2.29. The summed E-state index contributed by atoms with van der Waals surface area (Å²) in [7, 11) is 1.45.